The van der Waals surface area contributed by atoms with Gasteiger partial charge in [-0.3, -0.25) is 0 Å². The van der Waals surface area contributed by atoms with Crippen LogP contribution < -0.4 is 0 Å². The minimum absolute atomic E-state index is 0.0266. The molecule has 0 aromatic carbocycles. The van der Waals surface area contributed by atoms with Gasteiger partial charge in [-0.05, 0) is 12.3 Å². The van der Waals surface area contributed by atoms with Gasteiger partial charge in [-0.15, -0.1) is 0 Å². The standard InChI is InChI=1S/C16H33O3P/c1-3-5-6-7-8-9-10-11-12-15(4-2)13-18-16(17)14-19-20/h15H,3-14,20H2,1-2H3. The van der Waals surface area contributed by atoms with E-state index in [4.69, 9.17) is 4.74 Å². The highest BCUT2D eigenvalue weighted by atomic mass is 31.0. The molecule has 120 valence electrons. The first kappa shape index (κ1) is 19.9. The van der Waals surface area contributed by atoms with E-state index in [2.05, 4.69) is 27.8 Å². The highest BCUT2D eigenvalue weighted by Gasteiger charge is 2.09. The normalized spacial score (nSPS) is 12.3. The van der Waals surface area contributed by atoms with Gasteiger partial charge in [-0.1, -0.05) is 71.6 Å². The van der Waals surface area contributed by atoms with E-state index in [0.717, 1.165) is 6.42 Å². The van der Waals surface area contributed by atoms with Crippen molar-refractivity contribution in [2.45, 2.75) is 78.1 Å². The lowest BCUT2D eigenvalue weighted by Gasteiger charge is -2.14. The smallest absolute Gasteiger partial charge is 0.332 e. The molecule has 0 saturated heterocycles. The van der Waals surface area contributed by atoms with Crippen molar-refractivity contribution >= 4 is 15.4 Å². The number of ether oxygens (including phenoxy) is 1. The molecule has 2 unspecified atom stereocenters. The molecule has 0 bridgehead atoms. The zero-order valence-electron chi connectivity index (χ0n) is 13.4. The molecule has 3 nitrogen and oxygen atoms in total. The quantitative estimate of drug-likeness (QED) is 0.260. The van der Waals surface area contributed by atoms with Gasteiger partial charge in [0.05, 0.1) is 6.61 Å². The van der Waals surface area contributed by atoms with E-state index in [1.165, 1.54) is 57.8 Å². The molecule has 0 N–H and O–H groups in total. The van der Waals surface area contributed by atoms with Crippen molar-refractivity contribution in [3.05, 3.63) is 0 Å². The van der Waals surface area contributed by atoms with Gasteiger partial charge in [0.1, 0.15) is 6.61 Å². The monoisotopic (exact) mass is 304 g/mol. The first-order valence-electron chi connectivity index (χ1n) is 8.21. The van der Waals surface area contributed by atoms with Gasteiger partial charge in [0.25, 0.3) is 0 Å². The van der Waals surface area contributed by atoms with Gasteiger partial charge in [0.2, 0.25) is 0 Å². The average molecular weight is 304 g/mol. The van der Waals surface area contributed by atoms with Crippen molar-refractivity contribution in [3.8, 4) is 0 Å². The van der Waals surface area contributed by atoms with E-state index >= 15 is 0 Å². The molecule has 0 spiro atoms. The summed E-state index contributed by atoms with van der Waals surface area (Å²) in [4.78, 5) is 11.2. The fourth-order valence-corrected chi connectivity index (χ4v) is 2.43. The SMILES string of the molecule is CCCCCCCCCCC(CC)COC(=O)COP. The van der Waals surface area contributed by atoms with Gasteiger partial charge < -0.3 is 9.26 Å². The zero-order valence-corrected chi connectivity index (χ0v) is 14.5. The molecule has 0 amide bonds. The van der Waals surface area contributed by atoms with Gasteiger partial charge in [0.15, 0.2) is 0 Å². The molecular formula is C16H33O3P. The maximum Gasteiger partial charge on any atom is 0.332 e. The van der Waals surface area contributed by atoms with Crippen molar-refractivity contribution < 1.29 is 14.1 Å². The predicted octanol–water partition coefficient (Wildman–Crippen LogP) is 4.89. The van der Waals surface area contributed by atoms with Crippen molar-refractivity contribution in [3.63, 3.8) is 0 Å². The second kappa shape index (κ2) is 15.3. The molecule has 2 atom stereocenters. The Balaban J connectivity index is 3.43. The summed E-state index contributed by atoms with van der Waals surface area (Å²) in [5.74, 6) is 0.234. The third-order valence-electron chi connectivity index (χ3n) is 3.72. The van der Waals surface area contributed by atoms with Crippen LogP contribution in [0.2, 0.25) is 0 Å². The second-order valence-electron chi connectivity index (χ2n) is 5.53. The fraction of sp³-hybridized carbons (Fsp3) is 0.938. The van der Waals surface area contributed by atoms with Crippen LogP contribution in [0.5, 0.6) is 0 Å². The van der Waals surface area contributed by atoms with Crippen molar-refractivity contribution in [1.82, 2.24) is 0 Å². The molecule has 0 saturated carbocycles. The molecule has 0 aliphatic heterocycles. The Kier molecular flexibility index (Phi) is 15.1. The van der Waals surface area contributed by atoms with Crippen LogP contribution in [-0.4, -0.2) is 19.2 Å². The van der Waals surface area contributed by atoms with E-state index < -0.39 is 0 Å². The van der Waals surface area contributed by atoms with Crippen LogP contribution in [-0.2, 0) is 14.1 Å². The number of carbonyl (C=O) groups is 1. The molecular weight excluding hydrogens is 271 g/mol. The Morgan fingerprint density at radius 1 is 1.00 bits per heavy atom. The lowest BCUT2D eigenvalue weighted by atomic mass is 9.98. The van der Waals surface area contributed by atoms with Crippen LogP contribution in [0.3, 0.4) is 0 Å². The first-order valence-corrected chi connectivity index (χ1v) is 8.69. The van der Waals surface area contributed by atoms with Gasteiger partial charge in [0, 0.05) is 9.47 Å². The minimum atomic E-state index is -0.269. The molecule has 0 fully saturated rings. The molecule has 20 heavy (non-hydrogen) atoms. The van der Waals surface area contributed by atoms with E-state index in [1.54, 1.807) is 0 Å². The third kappa shape index (κ3) is 12.9. The van der Waals surface area contributed by atoms with E-state index in [0.29, 0.717) is 12.5 Å². The number of carbonyl (C=O) groups excluding carboxylic acids is 1. The van der Waals surface area contributed by atoms with Crippen LogP contribution in [0.25, 0.3) is 0 Å². The number of esters is 1. The Morgan fingerprint density at radius 2 is 1.60 bits per heavy atom. The summed E-state index contributed by atoms with van der Waals surface area (Å²) in [6, 6.07) is 0. The number of unbranched alkanes of at least 4 members (excludes halogenated alkanes) is 7. The Labute approximate surface area is 127 Å². The summed E-state index contributed by atoms with van der Waals surface area (Å²) in [6.45, 7) is 4.98. The highest BCUT2D eigenvalue weighted by molar-refractivity contribution is 7.09. The largest absolute Gasteiger partial charge is 0.464 e. The third-order valence-corrected chi connectivity index (χ3v) is 3.89. The number of hydrogen-bond acceptors (Lipinski definition) is 3. The Hall–Kier alpha value is -0.140. The second-order valence-corrected chi connectivity index (χ2v) is 5.87. The van der Waals surface area contributed by atoms with Crippen molar-refractivity contribution in [1.29, 1.82) is 0 Å². The first-order chi connectivity index (χ1) is 9.74. The van der Waals surface area contributed by atoms with Crippen LogP contribution >= 0.6 is 9.47 Å². The summed E-state index contributed by atoms with van der Waals surface area (Å²) in [7, 11) is 2.06. The Bertz CT molecular complexity index is 222. The zero-order chi connectivity index (χ0) is 15.1. The molecule has 0 aromatic heterocycles. The molecule has 4 heteroatoms. The van der Waals surface area contributed by atoms with Crippen LogP contribution in [0.4, 0.5) is 0 Å². The molecule has 0 aliphatic rings. The van der Waals surface area contributed by atoms with Gasteiger partial charge in [-0.2, -0.15) is 0 Å². The van der Waals surface area contributed by atoms with Crippen LogP contribution in [0.1, 0.15) is 78.1 Å². The summed E-state index contributed by atoms with van der Waals surface area (Å²) in [6.07, 6.45) is 13.0. The predicted molar refractivity (Wildman–Crippen MR) is 87.6 cm³/mol. The molecule has 0 aromatic rings. The minimum Gasteiger partial charge on any atom is -0.464 e. The van der Waals surface area contributed by atoms with Crippen molar-refractivity contribution in [2.24, 2.45) is 5.92 Å². The highest BCUT2D eigenvalue weighted by Crippen LogP contribution is 2.16. The maximum absolute atomic E-state index is 11.2. The summed E-state index contributed by atoms with van der Waals surface area (Å²) in [5.41, 5.74) is 0. The summed E-state index contributed by atoms with van der Waals surface area (Å²) < 4.78 is 9.85. The molecule has 0 aliphatic carbocycles. The lowest BCUT2D eigenvalue weighted by molar-refractivity contribution is -0.147. The summed E-state index contributed by atoms with van der Waals surface area (Å²) in [5, 5.41) is 0. The van der Waals surface area contributed by atoms with Crippen LogP contribution in [0.15, 0.2) is 0 Å². The summed E-state index contributed by atoms with van der Waals surface area (Å²) >= 11 is 0. The Morgan fingerprint density at radius 3 is 2.15 bits per heavy atom. The lowest BCUT2D eigenvalue weighted by Crippen LogP contribution is -2.16. The van der Waals surface area contributed by atoms with E-state index in [9.17, 15) is 4.79 Å². The number of hydrogen-bond donors (Lipinski definition) is 0. The molecule has 0 heterocycles. The molecule has 0 rings (SSSR count). The topological polar surface area (TPSA) is 35.5 Å². The number of rotatable bonds is 14. The van der Waals surface area contributed by atoms with Gasteiger partial charge in [-0.25, -0.2) is 4.79 Å². The van der Waals surface area contributed by atoms with Gasteiger partial charge >= 0.3 is 5.97 Å². The van der Waals surface area contributed by atoms with E-state index in [1.807, 2.05) is 0 Å². The van der Waals surface area contributed by atoms with Crippen LogP contribution in [0, 0.1) is 5.92 Å². The maximum atomic E-state index is 11.2. The fourth-order valence-electron chi connectivity index (χ4n) is 2.29. The van der Waals surface area contributed by atoms with Crippen molar-refractivity contribution in [2.75, 3.05) is 13.2 Å². The average Bonchev–Trinajstić information content (AvgIpc) is 2.45. The molecule has 0 radical (unpaired) electrons. The van der Waals surface area contributed by atoms with E-state index in [-0.39, 0.29) is 12.6 Å².